The second-order valence-electron chi connectivity index (χ2n) is 6.85. The molecular weight excluding hydrogens is 452 g/mol. The van der Waals surface area contributed by atoms with Gasteiger partial charge in [-0.05, 0) is 31.5 Å². The number of hydrogen-bond acceptors (Lipinski definition) is 9. The molecule has 10 nitrogen and oxygen atoms in total. The van der Waals surface area contributed by atoms with Crippen molar-refractivity contribution < 1.29 is 17.7 Å². The Bertz CT molecular complexity index is 1380. The fourth-order valence-electron chi connectivity index (χ4n) is 2.81. The summed E-state index contributed by atoms with van der Waals surface area (Å²) in [6.07, 6.45) is 0. The van der Waals surface area contributed by atoms with Crippen molar-refractivity contribution in [3.63, 3.8) is 0 Å². The van der Waals surface area contributed by atoms with Crippen LogP contribution in [0, 0.1) is 13.8 Å². The SMILES string of the molecule is Cc1cccc(-c2noc(CNS(=O)(=O)c3nnc(NC(=O)c4ccccc4C)s3)n2)c1. The van der Waals surface area contributed by atoms with Crippen molar-refractivity contribution in [3.05, 3.63) is 71.1 Å². The Labute approximate surface area is 187 Å². The zero-order valence-corrected chi connectivity index (χ0v) is 18.7. The fourth-order valence-corrected chi connectivity index (χ4v) is 4.72. The van der Waals surface area contributed by atoms with Crippen LogP contribution in [-0.4, -0.2) is 34.7 Å². The summed E-state index contributed by atoms with van der Waals surface area (Å²) in [5.74, 6) is 0.0633. The van der Waals surface area contributed by atoms with Gasteiger partial charge in [0.15, 0.2) is 0 Å². The van der Waals surface area contributed by atoms with Gasteiger partial charge < -0.3 is 4.52 Å². The third-order valence-corrected chi connectivity index (χ3v) is 7.01. The maximum Gasteiger partial charge on any atom is 0.270 e. The van der Waals surface area contributed by atoms with Gasteiger partial charge in [0.1, 0.15) is 0 Å². The van der Waals surface area contributed by atoms with E-state index >= 15 is 0 Å². The average molecular weight is 471 g/mol. The van der Waals surface area contributed by atoms with Gasteiger partial charge in [0.25, 0.3) is 15.9 Å². The van der Waals surface area contributed by atoms with Crippen LogP contribution in [0.4, 0.5) is 5.13 Å². The number of amides is 1. The number of nitrogens with zero attached hydrogens (tertiary/aromatic N) is 4. The lowest BCUT2D eigenvalue weighted by Gasteiger charge is -2.04. The molecule has 4 rings (SSSR count). The Morgan fingerprint density at radius 1 is 1.09 bits per heavy atom. The number of rotatable bonds is 7. The number of aryl methyl sites for hydroxylation is 2. The largest absolute Gasteiger partial charge is 0.338 e. The molecule has 0 aliphatic rings. The minimum absolute atomic E-state index is 0.0677. The summed E-state index contributed by atoms with van der Waals surface area (Å²) in [5.41, 5.74) is 3.05. The van der Waals surface area contributed by atoms with Gasteiger partial charge in [-0.2, -0.15) is 9.71 Å². The number of anilines is 1. The molecule has 2 heterocycles. The predicted molar refractivity (Wildman–Crippen MR) is 118 cm³/mol. The highest BCUT2D eigenvalue weighted by Gasteiger charge is 2.22. The molecule has 4 aromatic rings. The summed E-state index contributed by atoms with van der Waals surface area (Å²) in [4.78, 5) is 16.6. The third-order valence-electron chi connectivity index (χ3n) is 4.40. The fraction of sp³-hybridized carbons (Fsp3) is 0.150. The van der Waals surface area contributed by atoms with Crippen LogP contribution in [0.1, 0.15) is 27.4 Å². The van der Waals surface area contributed by atoms with Crippen LogP contribution in [0.2, 0.25) is 0 Å². The number of hydrogen-bond donors (Lipinski definition) is 2. The molecule has 0 bridgehead atoms. The van der Waals surface area contributed by atoms with Crippen molar-refractivity contribution in [2.45, 2.75) is 24.7 Å². The highest BCUT2D eigenvalue weighted by atomic mass is 32.2. The van der Waals surface area contributed by atoms with Crippen molar-refractivity contribution in [2.75, 3.05) is 5.32 Å². The molecule has 1 amide bonds. The Kier molecular flexibility index (Phi) is 6.08. The minimum atomic E-state index is -3.99. The van der Waals surface area contributed by atoms with Crippen LogP contribution < -0.4 is 10.0 Å². The molecule has 2 N–H and O–H groups in total. The molecule has 0 radical (unpaired) electrons. The molecule has 0 aliphatic carbocycles. The number of aromatic nitrogens is 4. The highest BCUT2D eigenvalue weighted by molar-refractivity contribution is 7.91. The van der Waals surface area contributed by atoms with Gasteiger partial charge in [0.2, 0.25) is 21.2 Å². The van der Waals surface area contributed by atoms with Gasteiger partial charge in [0.05, 0.1) is 6.54 Å². The van der Waals surface area contributed by atoms with Crippen LogP contribution in [0.25, 0.3) is 11.4 Å². The molecule has 2 aromatic heterocycles. The molecule has 0 saturated heterocycles. The number of carbonyl (C=O) groups excluding carboxylic acids is 1. The van der Waals surface area contributed by atoms with Crippen molar-refractivity contribution >= 4 is 32.4 Å². The van der Waals surface area contributed by atoms with E-state index in [1.54, 1.807) is 25.1 Å². The van der Waals surface area contributed by atoms with E-state index in [1.165, 1.54) is 0 Å². The van der Waals surface area contributed by atoms with Crippen molar-refractivity contribution in [3.8, 4) is 11.4 Å². The molecule has 2 aromatic carbocycles. The van der Waals surface area contributed by atoms with Crippen molar-refractivity contribution in [1.82, 2.24) is 25.1 Å². The normalized spacial score (nSPS) is 11.4. The van der Waals surface area contributed by atoms with E-state index in [1.807, 2.05) is 37.3 Å². The first-order valence-electron chi connectivity index (χ1n) is 9.41. The first kappa shape index (κ1) is 21.7. The van der Waals surface area contributed by atoms with Gasteiger partial charge >= 0.3 is 0 Å². The standard InChI is InChI=1S/C20H18N6O4S2/c1-12-6-5-8-14(10-12)17-22-16(30-26-17)11-21-32(28,29)20-25-24-19(31-20)23-18(27)15-9-4-3-7-13(15)2/h3-10,21H,11H2,1-2H3,(H,23,24,27). The first-order chi connectivity index (χ1) is 15.3. The molecule has 32 heavy (non-hydrogen) atoms. The minimum Gasteiger partial charge on any atom is -0.338 e. The highest BCUT2D eigenvalue weighted by Crippen LogP contribution is 2.22. The van der Waals surface area contributed by atoms with Crippen molar-refractivity contribution in [1.29, 1.82) is 0 Å². The number of carbonyl (C=O) groups is 1. The summed E-state index contributed by atoms with van der Waals surface area (Å²) < 4.78 is 32.3. The van der Waals surface area contributed by atoms with Gasteiger partial charge in [0, 0.05) is 11.1 Å². The van der Waals surface area contributed by atoms with Crippen molar-refractivity contribution in [2.24, 2.45) is 0 Å². The van der Waals surface area contributed by atoms with Gasteiger partial charge in [-0.15, -0.1) is 10.2 Å². The van der Waals surface area contributed by atoms with Gasteiger partial charge in [-0.3, -0.25) is 10.1 Å². The van der Waals surface area contributed by atoms with E-state index < -0.39 is 15.9 Å². The Morgan fingerprint density at radius 2 is 1.91 bits per heavy atom. The first-order valence-corrected chi connectivity index (χ1v) is 11.7. The second-order valence-corrected chi connectivity index (χ2v) is 9.77. The quantitative estimate of drug-likeness (QED) is 0.393. The topological polar surface area (TPSA) is 140 Å². The molecule has 0 aliphatic heterocycles. The molecule has 0 unspecified atom stereocenters. The third kappa shape index (κ3) is 4.88. The van der Waals surface area contributed by atoms with E-state index in [9.17, 15) is 13.2 Å². The lowest BCUT2D eigenvalue weighted by atomic mass is 10.1. The number of nitrogens with one attached hydrogen (secondary N) is 2. The van der Waals surface area contributed by atoms with Crippen LogP contribution in [0.5, 0.6) is 0 Å². The zero-order chi connectivity index (χ0) is 22.7. The van der Waals surface area contributed by atoms with Crippen LogP contribution in [0.15, 0.2) is 57.4 Å². The van der Waals surface area contributed by atoms with E-state index in [4.69, 9.17) is 4.52 Å². The van der Waals surface area contributed by atoms with Gasteiger partial charge in [-0.25, -0.2) is 8.42 Å². The van der Waals surface area contributed by atoms with Crippen LogP contribution >= 0.6 is 11.3 Å². The summed E-state index contributed by atoms with van der Waals surface area (Å²) >= 11 is 0.736. The van der Waals surface area contributed by atoms with E-state index in [0.29, 0.717) is 11.4 Å². The molecule has 0 atom stereocenters. The predicted octanol–water partition coefficient (Wildman–Crippen LogP) is 2.94. The maximum absolute atomic E-state index is 12.5. The summed E-state index contributed by atoms with van der Waals surface area (Å²) in [6, 6.07) is 14.6. The number of sulfonamides is 1. The molecule has 0 spiro atoms. The summed E-state index contributed by atoms with van der Waals surface area (Å²) in [7, 11) is -3.99. The average Bonchev–Trinajstić information content (AvgIpc) is 3.43. The monoisotopic (exact) mass is 470 g/mol. The van der Waals surface area contributed by atoms with Crippen LogP contribution in [-0.2, 0) is 16.6 Å². The molecular formula is C20H18N6O4S2. The van der Waals surface area contributed by atoms with E-state index in [0.717, 1.165) is 28.0 Å². The summed E-state index contributed by atoms with van der Waals surface area (Å²) in [5, 5.41) is 13.9. The lowest BCUT2D eigenvalue weighted by Crippen LogP contribution is -2.23. The Hall–Kier alpha value is -3.48. The molecule has 164 valence electrons. The van der Waals surface area contributed by atoms with Gasteiger partial charge in [-0.1, -0.05) is 58.5 Å². The number of benzene rings is 2. The Morgan fingerprint density at radius 3 is 2.69 bits per heavy atom. The molecule has 0 saturated carbocycles. The molecule has 0 fully saturated rings. The van der Waals surface area contributed by atoms with E-state index in [-0.39, 0.29) is 21.9 Å². The smallest absolute Gasteiger partial charge is 0.270 e. The molecule has 12 heteroatoms. The van der Waals surface area contributed by atoms with E-state index in [2.05, 4.69) is 30.4 Å². The maximum atomic E-state index is 12.5. The lowest BCUT2D eigenvalue weighted by molar-refractivity contribution is 0.102. The Balaban J connectivity index is 1.41. The van der Waals surface area contributed by atoms with Crippen LogP contribution in [0.3, 0.4) is 0 Å². The zero-order valence-electron chi connectivity index (χ0n) is 17.1. The second kappa shape index (κ2) is 8.94. The summed E-state index contributed by atoms with van der Waals surface area (Å²) in [6.45, 7) is 3.53.